The van der Waals surface area contributed by atoms with Gasteiger partial charge in [0.15, 0.2) is 0 Å². The lowest BCUT2D eigenvalue weighted by Crippen LogP contribution is -2.26. The normalized spacial score (nSPS) is 11.6. The van der Waals surface area contributed by atoms with Crippen molar-refractivity contribution in [2.45, 2.75) is 20.8 Å². The first-order valence-electron chi connectivity index (χ1n) is 5.83. The van der Waals surface area contributed by atoms with Gasteiger partial charge in [-0.2, -0.15) is 0 Å². The summed E-state index contributed by atoms with van der Waals surface area (Å²) in [4.78, 5) is 0. The minimum absolute atomic E-state index is 0.0700. The van der Waals surface area contributed by atoms with E-state index in [0.29, 0.717) is 12.2 Å². The van der Waals surface area contributed by atoms with E-state index in [1.807, 2.05) is 32.9 Å². The van der Waals surface area contributed by atoms with E-state index >= 15 is 0 Å². The number of nitrogens with one attached hydrogen (secondary N) is 2. The summed E-state index contributed by atoms with van der Waals surface area (Å²) in [5.74, 6) is 0.0700. The van der Waals surface area contributed by atoms with E-state index in [4.69, 9.17) is 0 Å². The van der Waals surface area contributed by atoms with Crippen molar-refractivity contribution in [1.82, 2.24) is 5.32 Å². The van der Waals surface area contributed by atoms with Crippen LogP contribution < -0.4 is 10.0 Å². The first kappa shape index (κ1) is 15.5. The Hall–Kier alpha value is -0.590. The largest absolute Gasteiger partial charge is 0.316 e. The Labute approximate surface area is 117 Å². The molecule has 0 heterocycles. The molecular weight excluding hydrogens is 316 g/mol. The van der Waals surface area contributed by atoms with Crippen LogP contribution in [0.2, 0.25) is 0 Å². The third-order valence-corrected chi connectivity index (χ3v) is 4.37. The summed E-state index contributed by atoms with van der Waals surface area (Å²) >= 11 is 3.39. The van der Waals surface area contributed by atoms with E-state index in [1.165, 1.54) is 0 Å². The average molecular weight is 335 g/mol. The highest BCUT2D eigenvalue weighted by molar-refractivity contribution is 9.10. The van der Waals surface area contributed by atoms with E-state index in [0.717, 1.165) is 22.1 Å². The Balaban J connectivity index is 2.84. The van der Waals surface area contributed by atoms with Crippen LogP contribution in [-0.2, 0) is 10.0 Å². The molecular formula is C12H19BrN2O2S. The SMILES string of the molecule is CCNCCS(=O)(=O)Nc1c(C)cc(C)cc1Br. The smallest absolute Gasteiger partial charge is 0.234 e. The minimum atomic E-state index is -3.31. The molecule has 0 bridgehead atoms. The Kier molecular flexibility index (Phi) is 5.62. The summed E-state index contributed by atoms with van der Waals surface area (Å²) in [6.45, 7) is 7.03. The van der Waals surface area contributed by atoms with Gasteiger partial charge in [-0.25, -0.2) is 8.42 Å². The fourth-order valence-corrected chi connectivity index (χ4v) is 3.64. The van der Waals surface area contributed by atoms with Crippen molar-refractivity contribution < 1.29 is 8.42 Å². The third-order valence-electron chi connectivity index (χ3n) is 2.49. The fourth-order valence-electron chi connectivity index (χ4n) is 1.63. The molecule has 0 fully saturated rings. The maximum atomic E-state index is 11.9. The number of benzene rings is 1. The standard InChI is InChI=1S/C12H19BrN2O2S/c1-4-14-5-6-18(16,17)15-12-10(3)7-9(2)8-11(12)13/h7-8,14-15H,4-6H2,1-3H3. The van der Waals surface area contributed by atoms with Crippen LogP contribution in [0.5, 0.6) is 0 Å². The van der Waals surface area contributed by atoms with Crippen LogP contribution in [0.25, 0.3) is 0 Å². The van der Waals surface area contributed by atoms with Gasteiger partial charge >= 0.3 is 0 Å². The van der Waals surface area contributed by atoms with Gasteiger partial charge in [-0.3, -0.25) is 4.72 Å². The predicted molar refractivity (Wildman–Crippen MR) is 79.6 cm³/mol. The van der Waals surface area contributed by atoms with Crippen molar-refractivity contribution in [1.29, 1.82) is 0 Å². The fraction of sp³-hybridized carbons (Fsp3) is 0.500. The van der Waals surface area contributed by atoms with Gasteiger partial charge in [0.1, 0.15) is 0 Å². The highest BCUT2D eigenvalue weighted by atomic mass is 79.9. The molecule has 0 spiro atoms. The second-order valence-corrected chi connectivity index (χ2v) is 6.91. The summed E-state index contributed by atoms with van der Waals surface area (Å²) in [5, 5.41) is 3.00. The molecule has 1 aromatic rings. The molecule has 2 N–H and O–H groups in total. The monoisotopic (exact) mass is 334 g/mol. The lowest BCUT2D eigenvalue weighted by molar-refractivity contribution is 0.597. The van der Waals surface area contributed by atoms with Crippen molar-refractivity contribution in [3.8, 4) is 0 Å². The molecule has 1 aromatic carbocycles. The van der Waals surface area contributed by atoms with Crippen LogP contribution in [0, 0.1) is 13.8 Å². The van der Waals surface area contributed by atoms with E-state index in [2.05, 4.69) is 26.0 Å². The molecule has 0 radical (unpaired) electrons. The summed E-state index contributed by atoms with van der Waals surface area (Å²) in [6, 6.07) is 3.85. The minimum Gasteiger partial charge on any atom is -0.316 e. The molecule has 6 heteroatoms. The predicted octanol–water partition coefficient (Wildman–Crippen LogP) is 2.42. The van der Waals surface area contributed by atoms with Crippen LogP contribution >= 0.6 is 15.9 Å². The molecule has 0 aromatic heterocycles. The highest BCUT2D eigenvalue weighted by Crippen LogP contribution is 2.28. The van der Waals surface area contributed by atoms with Crippen LogP contribution in [0.3, 0.4) is 0 Å². The van der Waals surface area contributed by atoms with Crippen LogP contribution in [-0.4, -0.2) is 27.3 Å². The van der Waals surface area contributed by atoms with Crippen molar-refractivity contribution in [2.24, 2.45) is 0 Å². The van der Waals surface area contributed by atoms with Crippen LogP contribution in [0.4, 0.5) is 5.69 Å². The summed E-state index contributed by atoms with van der Waals surface area (Å²) in [5.41, 5.74) is 2.63. The van der Waals surface area contributed by atoms with E-state index in [9.17, 15) is 8.42 Å². The second kappa shape index (κ2) is 6.54. The van der Waals surface area contributed by atoms with Crippen molar-refractivity contribution >= 4 is 31.6 Å². The molecule has 0 aliphatic heterocycles. The number of anilines is 1. The van der Waals surface area contributed by atoms with Gasteiger partial charge in [-0.1, -0.05) is 13.0 Å². The molecule has 0 saturated carbocycles. The number of halogens is 1. The number of sulfonamides is 1. The summed E-state index contributed by atoms with van der Waals surface area (Å²) in [6.07, 6.45) is 0. The number of hydrogen-bond donors (Lipinski definition) is 2. The molecule has 4 nitrogen and oxygen atoms in total. The first-order valence-corrected chi connectivity index (χ1v) is 8.28. The molecule has 0 saturated heterocycles. The lowest BCUT2D eigenvalue weighted by Gasteiger charge is -2.13. The number of aryl methyl sites for hydroxylation is 2. The Morgan fingerprint density at radius 1 is 1.28 bits per heavy atom. The second-order valence-electron chi connectivity index (χ2n) is 4.21. The van der Waals surface area contributed by atoms with E-state index in [-0.39, 0.29) is 5.75 Å². The maximum absolute atomic E-state index is 11.9. The highest BCUT2D eigenvalue weighted by Gasteiger charge is 2.14. The Morgan fingerprint density at radius 3 is 2.50 bits per heavy atom. The van der Waals surface area contributed by atoms with Gasteiger partial charge in [0, 0.05) is 11.0 Å². The molecule has 0 unspecified atom stereocenters. The summed E-state index contributed by atoms with van der Waals surface area (Å²) < 4.78 is 27.2. The molecule has 102 valence electrons. The Morgan fingerprint density at radius 2 is 1.94 bits per heavy atom. The first-order chi connectivity index (χ1) is 8.35. The van der Waals surface area contributed by atoms with Crippen molar-refractivity contribution in [3.63, 3.8) is 0 Å². The zero-order valence-corrected chi connectivity index (χ0v) is 13.3. The third kappa shape index (κ3) is 4.59. The lowest BCUT2D eigenvalue weighted by atomic mass is 10.1. The average Bonchev–Trinajstić information content (AvgIpc) is 2.23. The molecule has 0 atom stereocenters. The molecule has 18 heavy (non-hydrogen) atoms. The maximum Gasteiger partial charge on any atom is 0.234 e. The van der Waals surface area contributed by atoms with E-state index < -0.39 is 10.0 Å². The van der Waals surface area contributed by atoms with Crippen LogP contribution in [0.15, 0.2) is 16.6 Å². The number of hydrogen-bond acceptors (Lipinski definition) is 3. The molecule has 0 aliphatic rings. The van der Waals surface area contributed by atoms with Gasteiger partial charge in [-0.15, -0.1) is 0 Å². The van der Waals surface area contributed by atoms with Gasteiger partial charge in [-0.05, 0) is 53.5 Å². The van der Waals surface area contributed by atoms with Crippen LogP contribution in [0.1, 0.15) is 18.1 Å². The molecule has 0 amide bonds. The van der Waals surface area contributed by atoms with Gasteiger partial charge < -0.3 is 5.32 Å². The summed E-state index contributed by atoms with van der Waals surface area (Å²) in [7, 11) is -3.31. The van der Waals surface area contributed by atoms with Gasteiger partial charge in [0.05, 0.1) is 11.4 Å². The topological polar surface area (TPSA) is 58.2 Å². The quantitative estimate of drug-likeness (QED) is 0.785. The van der Waals surface area contributed by atoms with Crippen molar-refractivity contribution in [3.05, 3.63) is 27.7 Å². The van der Waals surface area contributed by atoms with Gasteiger partial charge in [0.2, 0.25) is 10.0 Å². The molecule has 0 aliphatic carbocycles. The number of rotatable bonds is 6. The zero-order valence-electron chi connectivity index (χ0n) is 10.9. The van der Waals surface area contributed by atoms with Gasteiger partial charge in [0.25, 0.3) is 0 Å². The molecule has 1 rings (SSSR count). The Bertz CT molecular complexity index is 492. The van der Waals surface area contributed by atoms with E-state index in [1.54, 1.807) is 0 Å². The zero-order chi connectivity index (χ0) is 13.8. The van der Waals surface area contributed by atoms with Crippen molar-refractivity contribution in [2.75, 3.05) is 23.6 Å².